The Hall–Kier alpha value is -2.46. The van der Waals surface area contributed by atoms with Crippen LogP contribution < -0.4 is 4.90 Å². The molecule has 1 unspecified atom stereocenters. The minimum Gasteiger partial charge on any atom is -0.375 e. The second kappa shape index (κ2) is 7.99. The van der Waals surface area contributed by atoms with E-state index in [0.29, 0.717) is 23.4 Å². The molecule has 1 aliphatic rings. The molecule has 0 radical (unpaired) electrons. The molecule has 0 saturated carbocycles. The number of anilines is 1. The van der Waals surface area contributed by atoms with Gasteiger partial charge < -0.3 is 10.0 Å². The highest BCUT2D eigenvalue weighted by Gasteiger charge is 2.50. The zero-order valence-corrected chi connectivity index (χ0v) is 19.0. The highest BCUT2D eigenvalue weighted by Crippen LogP contribution is 2.43. The molecule has 1 aliphatic heterocycles. The Balaban J connectivity index is 1.98. The van der Waals surface area contributed by atoms with E-state index in [4.69, 9.17) is 0 Å². The second-order valence-corrected chi connectivity index (χ2v) is 9.52. The van der Waals surface area contributed by atoms with E-state index >= 15 is 0 Å². The highest BCUT2D eigenvalue weighted by atomic mass is 16.3. The van der Waals surface area contributed by atoms with Gasteiger partial charge in [0.15, 0.2) is 11.4 Å². The number of carbonyl (C=O) groups excluding carboxylic acids is 2. The van der Waals surface area contributed by atoms with Crippen molar-refractivity contribution in [2.75, 3.05) is 11.4 Å². The number of benzene rings is 2. The summed E-state index contributed by atoms with van der Waals surface area (Å²) in [5.74, 6) is -0.597. The SMILES string of the molecule is CCCCN1C(=O)C(O)(CC(=O)c2c(C)cc(C(C)(C)C)cc2C)c2ccccc21. The number of Topliss-reactive ketones (excluding diaryl/α,β-unsaturated/α-hetero) is 1. The normalized spacial score (nSPS) is 18.6. The average molecular weight is 408 g/mol. The lowest BCUT2D eigenvalue weighted by Crippen LogP contribution is -2.42. The molecule has 0 aliphatic carbocycles. The van der Waals surface area contributed by atoms with Gasteiger partial charge >= 0.3 is 0 Å². The van der Waals surface area contributed by atoms with Crippen molar-refractivity contribution in [1.29, 1.82) is 0 Å². The molecule has 30 heavy (non-hydrogen) atoms. The molecular formula is C26H33NO3. The molecule has 2 aromatic carbocycles. The summed E-state index contributed by atoms with van der Waals surface area (Å²) in [4.78, 5) is 28.2. The van der Waals surface area contributed by atoms with Crippen LogP contribution in [0.1, 0.15) is 79.6 Å². The molecule has 0 saturated heterocycles. The van der Waals surface area contributed by atoms with Crippen LogP contribution in [0.4, 0.5) is 5.69 Å². The third-order valence-corrected chi connectivity index (χ3v) is 6.07. The summed E-state index contributed by atoms with van der Waals surface area (Å²) in [5.41, 5.74) is 2.95. The lowest BCUT2D eigenvalue weighted by atomic mass is 9.81. The van der Waals surface area contributed by atoms with Crippen LogP contribution in [0.2, 0.25) is 0 Å². The van der Waals surface area contributed by atoms with Crippen molar-refractivity contribution in [3.8, 4) is 0 Å². The lowest BCUT2D eigenvalue weighted by Gasteiger charge is -2.25. The van der Waals surface area contributed by atoms with Crippen LogP contribution in [0.3, 0.4) is 0 Å². The fourth-order valence-electron chi connectivity index (χ4n) is 4.37. The number of aliphatic hydroxyl groups is 1. The Morgan fingerprint density at radius 3 is 2.27 bits per heavy atom. The average Bonchev–Trinajstić information content (AvgIpc) is 2.86. The van der Waals surface area contributed by atoms with Gasteiger partial charge in [0.25, 0.3) is 5.91 Å². The van der Waals surface area contributed by atoms with Gasteiger partial charge in [-0.05, 0) is 48.4 Å². The summed E-state index contributed by atoms with van der Waals surface area (Å²) in [6, 6.07) is 11.4. The monoisotopic (exact) mass is 407 g/mol. The van der Waals surface area contributed by atoms with Crippen molar-refractivity contribution >= 4 is 17.4 Å². The van der Waals surface area contributed by atoms with Crippen molar-refractivity contribution < 1.29 is 14.7 Å². The Morgan fingerprint density at radius 2 is 1.70 bits per heavy atom. The van der Waals surface area contributed by atoms with Crippen molar-refractivity contribution in [3.05, 3.63) is 64.2 Å². The summed E-state index contributed by atoms with van der Waals surface area (Å²) in [6.45, 7) is 12.9. The van der Waals surface area contributed by atoms with Crippen molar-refractivity contribution in [1.82, 2.24) is 0 Å². The van der Waals surface area contributed by atoms with Gasteiger partial charge in [-0.1, -0.05) is 64.4 Å². The van der Waals surface area contributed by atoms with E-state index in [0.717, 1.165) is 24.0 Å². The first-order valence-corrected chi connectivity index (χ1v) is 10.8. The molecule has 0 aromatic heterocycles. The number of rotatable bonds is 6. The van der Waals surface area contributed by atoms with Gasteiger partial charge in [0.1, 0.15) is 0 Å². The van der Waals surface area contributed by atoms with Gasteiger partial charge in [-0.15, -0.1) is 0 Å². The predicted molar refractivity (Wildman–Crippen MR) is 121 cm³/mol. The second-order valence-electron chi connectivity index (χ2n) is 9.52. The number of unbranched alkanes of at least 4 members (excludes halogenated alkanes) is 1. The van der Waals surface area contributed by atoms with E-state index in [9.17, 15) is 14.7 Å². The van der Waals surface area contributed by atoms with Crippen molar-refractivity contribution in [3.63, 3.8) is 0 Å². The Morgan fingerprint density at radius 1 is 1.10 bits per heavy atom. The molecule has 1 heterocycles. The molecule has 0 spiro atoms. The molecule has 2 aromatic rings. The zero-order valence-electron chi connectivity index (χ0n) is 19.0. The Kier molecular flexibility index (Phi) is 5.92. The summed E-state index contributed by atoms with van der Waals surface area (Å²) >= 11 is 0. The molecule has 0 fully saturated rings. The summed E-state index contributed by atoms with van der Waals surface area (Å²) < 4.78 is 0. The lowest BCUT2D eigenvalue weighted by molar-refractivity contribution is -0.135. The van der Waals surface area contributed by atoms with E-state index in [2.05, 4.69) is 27.7 Å². The van der Waals surface area contributed by atoms with Gasteiger partial charge in [-0.25, -0.2) is 0 Å². The van der Waals surface area contributed by atoms with Crippen LogP contribution in [0.15, 0.2) is 36.4 Å². The van der Waals surface area contributed by atoms with Gasteiger partial charge in [-0.3, -0.25) is 9.59 Å². The van der Waals surface area contributed by atoms with Gasteiger partial charge in [0.05, 0.1) is 12.1 Å². The number of hydrogen-bond acceptors (Lipinski definition) is 3. The standard InChI is InChI=1S/C26H33NO3/c1-7-8-13-27-21-12-10-9-11-20(21)26(30,24(27)29)16-22(28)23-17(2)14-19(15-18(23)3)25(4,5)6/h9-12,14-15,30H,7-8,13,16H2,1-6H3. The highest BCUT2D eigenvalue weighted by molar-refractivity contribution is 6.11. The van der Waals surface area contributed by atoms with Gasteiger partial charge in [0.2, 0.25) is 0 Å². The molecular weight excluding hydrogens is 374 g/mol. The quantitative estimate of drug-likeness (QED) is 0.669. The maximum atomic E-state index is 13.4. The summed E-state index contributed by atoms with van der Waals surface area (Å²) in [5, 5.41) is 11.5. The van der Waals surface area contributed by atoms with Crippen LogP contribution >= 0.6 is 0 Å². The Labute approximate surface area is 179 Å². The van der Waals surface area contributed by atoms with E-state index in [1.54, 1.807) is 17.0 Å². The third-order valence-electron chi connectivity index (χ3n) is 6.07. The van der Waals surface area contributed by atoms with Crippen LogP contribution in [0.25, 0.3) is 0 Å². The fraction of sp³-hybridized carbons (Fsp3) is 0.462. The number of fused-ring (bicyclic) bond motifs is 1. The van der Waals surface area contributed by atoms with E-state index in [1.165, 1.54) is 5.56 Å². The molecule has 1 amide bonds. The summed E-state index contributed by atoms with van der Waals surface area (Å²) in [7, 11) is 0. The van der Waals surface area contributed by atoms with Crippen LogP contribution in [0, 0.1) is 13.8 Å². The number of para-hydroxylation sites is 1. The number of aryl methyl sites for hydroxylation is 2. The van der Waals surface area contributed by atoms with Crippen LogP contribution in [-0.2, 0) is 15.8 Å². The molecule has 160 valence electrons. The maximum Gasteiger partial charge on any atom is 0.264 e. The Bertz CT molecular complexity index is 963. The molecule has 0 bridgehead atoms. The number of nitrogens with zero attached hydrogens (tertiary/aromatic N) is 1. The van der Waals surface area contributed by atoms with E-state index < -0.39 is 11.5 Å². The number of amides is 1. The molecule has 1 N–H and O–H groups in total. The van der Waals surface area contributed by atoms with Crippen LogP contribution in [0.5, 0.6) is 0 Å². The van der Waals surface area contributed by atoms with Crippen LogP contribution in [-0.4, -0.2) is 23.3 Å². The number of carbonyl (C=O) groups is 2. The molecule has 1 atom stereocenters. The van der Waals surface area contributed by atoms with Crippen molar-refractivity contribution in [2.45, 2.75) is 71.8 Å². The third kappa shape index (κ3) is 3.81. The zero-order chi connectivity index (χ0) is 22.3. The first-order chi connectivity index (χ1) is 14.0. The summed E-state index contributed by atoms with van der Waals surface area (Å²) in [6.07, 6.45) is 1.54. The molecule has 4 heteroatoms. The number of ketones is 1. The molecule has 4 nitrogen and oxygen atoms in total. The minimum absolute atomic E-state index is 0.0184. The van der Waals surface area contributed by atoms with Gasteiger partial charge in [-0.2, -0.15) is 0 Å². The fourth-order valence-corrected chi connectivity index (χ4v) is 4.37. The first kappa shape index (κ1) is 22.2. The maximum absolute atomic E-state index is 13.4. The molecule has 3 rings (SSSR count). The first-order valence-electron chi connectivity index (χ1n) is 10.8. The topological polar surface area (TPSA) is 57.6 Å². The van der Waals surface area contributed by atoms with Crippen molar-refractivity contribution in [2.24, 2.45) is 0 Å². The van der Waals surface area contributed by atoms with Gasteiger partial charge in [0, 0.05) is 17.7 Å². The van der Waals surface area contributed by atoms with E-state index in [-0.39, 0.29) is 17.6 Å². The number of hydrogen-bond donors (Lipinski definition) is 1. The van der Waals surface area contributed by atoms with E-state index in [1.807, 2.05) is 38.1 Å². The largest absolute Gasteiger partial charge is 0.375 e. The smallest absolute Gasteiger partial charge is 0.264 e. The minimum atomic E-state index is -1.82. The predicted octanol–water partition coefficient (Wildman–Crippen LogP) is 5.21.